The van der Waals surface area contributed by atoms with Crippen molar-refractivity contribution in [3.63, 3.8) is 0 Å². The second-order valence-corrected chi connectivity index (χ2v) is 7.42. The average molecular weight is 425 g/mol. The lowest BCUT2D eigenvalue weighted by Gasteiger charge is -2.15. The Bertz CT molecular complexity index is 952. The molecule has 1 aliphatic rings. The number of carbonyl (C=O) groups is 2. The molecule has 8 heteroatoms. The van der Waals surface area contributed by atoms with Crippen molar-refractivity contribution in [1.82, 2.24) is 5.32 Å². The van der Waals surface area contributed by atoms with Crippen LogP contribution in [0, 0.1) is 0 Å². The minimum Gasteiger partial charge on any atom is -0.465 e. The Morgan fingerprint density at radius 3 is 2.65 bits per heavy atom. The van der Waals surface area contributed by atoms with E-state index < -0.39 is 5.97 Å². The molecule has 0 bridgehead atoms. The van der Waals surface area contributed by atoms with Gasteiger partial charge in [-0.1, -0.05) is 12.1 Å². The maximum absolute atomic E-state index is 12.9. The van der Waals surface area contributed by atoms with Crippen LogP contribution in [0.3, 0.4) is 0 Å². The molecule has 1 fully saturated rings. The van der Waals surface area contributed by atoms with Crippen LogP contribution in [0.5, 0.6) is 0 Å². The Balaban J connectivity index is 1.79. The topological polar surface area (TPSA) is 92.3 Å². The molecule has 0 radical (unpaired) electrons. The molecule has 2 aromatic rings. The van der Waals surface area contributed by atoms with Crippen LogP contribution in [-0.4, -0.2) is 58.3 Å². The number of ether oxygens (including phenoxy) is 2. The van der Waals surface area contributed by atoms with E-state index in [1.165, 1.54) is 7.11 Å². The maximum atomic E-state index is 12.9. The van der Waals surface area contributed by atoms with E-state index in [1.54, 1.807) is 30.3 Å². The van der Waals surface area contributed by atoms with Gasteiger partial charge in [-0.2, -0.15) is 0 Å². The summed E-state index contributed by atoms with van der Waals surface area (Å²) in [6.07, 6.45) is 1.98. The van der Waals surface area contributed by atoms with Crippen molar-refractivity contribution in [2.45, 2.75) is 18.9 Å². The van der Waals surface area contributed by atoms with Gasteiger partial charge in [0, 0.05) is 37.6 Å². The number of carbonyl (C=O) groups excluding carboxylic acids is 2. The lowest BCUT2D eigenvalue weighted by molar-refractivity contribution is 0.0600. The van der Waals surface area contributed by atoms with E-state index in [0.29, 0.717) is 23.4 Å². The number of esters is 1. The smallest absolute Gasteiger partial charge is 0.337 e. The third-order valence-corrected chi connectivity index (χ3v) is 4.88. The first-order valence-corrected chi connectivity index (χ1v) is 10.2. The number of hydrogen-bond donors (Lipinski definition) is 2. The highest BCUT2D eigenvalue weighted by molar-refractivity contribution is 6.10. The van der Waals surface area contributed by atoms with E-state index in [2.05, 4.69) is 15.6 Å². The third-order valence-electron chi connectivity index (χ3n) is 4.88. The number of hydrogen-bond acceptors (Lipinski definition) is 6. The monoisotopic (exact) mass is 424 g/mol. The fraction of sp³-hybridized carbons (Fsp3) is 0.348. The molecular weight excluding hydrogens is 396 g/mol. The molecule has 8 nitrogen and oxygen atoms in total. The highest BCUT2D eigenvalue weighted by Gasteiger charge is 2.17. The number of anilines is 2. The van der Waals surface area contributed by atoms with Gasteiger partial charge in [0.25, 0.3) is 5.91 Å². The van der Waals surface area contributed by atoms with Crippen molar-refractivity contribution < 1.29 is 19.1 Å². The molecule has 1 amide bonds. The van der Waals surface area contributed by atoms with Crippen molar-refractivity contribution in [1.29, 1.82) is 0 Å². The molecule has 164 valence electrons. The van der Waals surface area contributed by atoms with Crippen molar-refractivity contribution in [2.24, 2.45) is 4.99 Å². The molecule has 1 aliphatic heterocycles. The summed E-state index contributed by atoms with van der Waals surface area (Å²) in [6, 6.07) is 14.1. The number of amides is 1. The number of benzene rings is 2. The summed E-state index contributed by atoms with van der Waals surface area (Å²) in [4.78, 5) is 31.2. The first-order valence-electron chi connectivity index (χ1n) is 10.2. The minimum absolute atomic E-state index is 0.0344. The lowest BCUT2D eigenvalue weighted by Crippen LogP contribution is -2.37. The summed E-state index contributed by atoms with van der Waals surface area (Å²) in [7, 11) is 5.17. The molecule has 0 unspecified atom stereocenters. The average Bonchev–Trinajstić information content (AvgIpc) is 3.31. The number of guanidine groups is 1. The number of nitrogens with one attached hydrogen (secondary N) is 2. The summed E-state index contributed by atoms with van der Waals surface area (Å²) in [5.74, 6) is -0.435. The van der Waals surface area contributed by atoms with Crippen LogP contribution in [-0.2, 0) is 9.47 Å². The van der Waals surface area contributed by atoms with E-state index in [1.807, 2.05) is 37.2 Å². The fourth-order valence-corrected chi connectivity index (χ4v) is 3.18. The first-order chi connectivity index (χ1) is 15.0. The number of nitrogens with zero attached hydrogens (tertiary/aromatic N) is 2. The van der Waals surface area contributed by atoms with E-state index >= 15 is 0 Å². The van der Waals surface area contributed by atoms with Crippen LogP contribution in [0.4, 0.5) is 11.4 Å². The van der Waals surface area contributed by atoms with Gasteiger partial charge < -0.3 is 19.7 Å². The molecule has 2 aromatic carbocycles. The molecule has 1 atom stereocenters. The molecule has 31 heavy (non-hydrogen) atoms. The van der Waals surface area contributed by atoms with Gasteiger partial charge in [-0.05, 0) is 49.2 Å². The van der Waals surface area contributed by atoms with Gasteiger partial charge in [-0.15, -0.1) is 0 Å². The molecule has 0 spiro atoms. The molecule has 0 aliphatic carbocycles. The van der Waals surface area contributed by atoms with Crippen LogP contribution in [0.25, 0.3) is 0 Å². The van der Waals surface area contributed by atoms with E-state index in [9.17, 15) is 9.59 Å². The Morgan fingerprint density at radius 1 is 1.16 bits per heavy atom. The van der Waals surface area contributed by atoms with Crippen molar-refractivity contribution in [3.05, 3.63) is 59.7 Å². The number of aliphatic imine (C=N–C) groups is 1. The molecule has 1 heterocycles. The number of methoxy groups -OCH3 is 1. The van der Waals surface area contributed by atoms with E-state index in [4.69, 9.17) is 9.47 Å². The SMILES string of the molecule is COC(=O)c1cccc(NC(=NC[C@@H]2CCCO2)NC(=O)c2cccc(N(C)C)c2)c1. The summed E-state index contributed by atoms with van der Waals surface area (Å²) < 4.78 is 10.4. The zero-order valence-electron chi connectivity index (χ0n) is 18.1. The molecule has 1 saturated heterocycles. The third kappa shape index (κ3) is 6.29. The van der Waals surface area contributed by atoms with E-state index in [0.717, 1.165) is 25.1 Å². The van der Waals surface area contributed by atoms with Gasteiger partial charge in [-0.25, -0.2) is 9.79 Å². The predicted octanol–water partition coefficient (Wildman–Crippen LogP) is 2.92. The summed E-state index contributed by atoms with van der Waals surface area (Å²) >= 11 is 0. The van der Waals surface area contributed by atoms with Crippen molar-refractivity contribution in [2.75, 3.05) is 44.6 Å². The highest BCUT2D eigenvalue weighted by Crippen LogP contribution is 2.15. The van der Waals surface area contributed by atoms with Crippen molar-refractivity contribution in [3.8, 4) is 0 Å². The van der Waals surface area contributed by atoms with Gasteiger partial charge in [0.1, 0.15) is 0 Å². The van der Waals surface area contributed by atoms with Crippen LogP contribution in [0.15, 0.2) is 53.5 Å². The van der Waals surface area contributed by atoms with Gasteiger partial charge >= 0.3 is 5.97 Å². The molecule has 0 saturated carbocycles. The highest BCUT2D eigenvalue weighted by atomic mass is 16.5. The maximum Gasteiger partial charge on any atom is 0.337 e. The lowest BCUT2D eigenvalue weighted by atomic mass is 10.2. The van der Waals surface area contributed by atoms with Crippen LogP contribution >= 0.6 is 0 Å². The Labute approximate surface area is 182 Å². The van der Waals surface area contributed by atoms with Gasteiger partial charge in [-0.3, -0.25) is 10.1 Å². The summed E-state index contributed by atoms with van der Waals surface area (Å²) in [5, 5.41) is 5.95. The normalized spacial score (nSPS) is 16.0. The molecular formula is C23H28N4O4. The summed E-state index contributed by atoms with van der Waals surface area (Å²) in [5.41, 5.74) is 2.44. The summed E-state index contributed by atoms with van der Waals surface area (Å²) in [6.45, 7) is 1.16. The quantitative estimate of drug-likeness (QED) is 0.421. The standard InChI is InChI=1S/C23H28N4O4/c1-27(2)19-10-5-7-16(14-19)21(28)26-23(24-15-20-11-6-12-31-20)25-18-9-4-8-17(13-18)22(29)30-3/h4-5,7-10,13-14,20H,6,11-12,15H2,1-3H3,(H2,24,25,26,28)/t20-/m0/s1. The van der Waals surface area contributed by atoms with Crippen LogP contribution in [0.1, 0.15) is 33.6 Å². The minimum atomic E-state index is -0.439. The van der Waals surface area contributed by atoms with E-state index in [-0.39, 0.29) is 18.0 Å². The van der Waals surface area contributed by atoms with Crippen LogP contribution in [0.2, 0.25) is 0 Å². The second-order valence-electron chi connectivity index (χ2n) is 7.42. The zero-order chi connectivity index (χ0) is 22.2. The Morgan fingerprint density at radius 2 is 1.94 bits per heavy atom. The Kier molecular flexibility index (Phi) is 7.61. The molecule has 2 N–H and O–H groups in total. The number of rotatable bonds is 6. The van der Waals surface area contributed by atoms with Gasteiger partial charge in [0.2, 0.25) is 5.96 Å². The second kappa shape index (κ2) is 10.6. The fourth-order valence-electron chi connectivity index (χ4n) is 3.18. The first kappa shape index (κ1) is 22.3. The zero-order valence-corrected chi connectivity index (χ0v) is 18.1. The predicted molar refractivity (Wildman–Crippen MR) is 121 cm³/mol. The molecule has 3 rings (SSSR count). The Hall–Kier alpha value is -3.39. The van der Waals surface area contributed by atoms with Gasteiger partial charge in [0.05, 0.1) is 25.3 Å². The van der Waals surface area contributed by atoms with Crippen LogP contribution < -0.4 is 15.5 Å². The largest absolute Gasteiger partial charge is 0.465 e. The van der Waals surface area contributed by atoms with Gasteiger partial charge in [0.15, 0.2) is 0 Å². The molecule has 0 aromatic heterocycles. The van der Waals surface area contributed by atoms with Crippen molar-refractivity contribution >= 4 is 29.2 Å².